The number of rotatable bonds is 2. The van der Waals surface area contributed by atoms with Crippen molar-refractivity contribution < 1.29 is 0 Å². The zero-order valence-corrected chi connectivity index (χ0v) is 11.8. The highest BCUT2D eigenvalue weighted by atomic mass is 32.1. The van der Waals surface area contributed by atoms with Gasteiger partial charge in [0, 0.05) is 19.8 Å². The lowest BCUT2D eigenvalue weighted by molar-refractivity contribution is 1.43. The highest BCUT2D eigenvalue weighted by molar-refractivity contribution is 7.17. The molecule has 1 heterocycles. The van der Waals surface area contributed by atoms with E-state index in [0.717, 1.165) is 6.42 Å². The van der Waals surface area contributed by atoms with Crippen molar-refractivity contribution in [2.24, 2.45) is 0 Å². The molecular weight excluding hydrogens is 248 g/mol. The molecule has 0 saturated heterocycles. The molecule has 2 aromatic rings. The van der Waals surface area contributed by atoms with Crippen molar-refractivity contribution in [1.29, 1.82) is 0 Å². The topological polar surface area (TPSA) is 0 Å². The lowest BCUT2D eigenvalue weighted by Crippen LogP contribution is -2.17. The summed E-state index contributed by atoms with van der Waals surface area (Å²) >= 11 is 1.88. The maximum absolute atomic E-state index is 3.91. The fourth-order valence-electron chi connectivity index (χ4n) is 2.50. The van der Waals surface area contributed by atoms with Gasteiger partial charge in [-0.25, -0.2) is 0 Å². The highest BCUT2D eigenvalue weighted by Gasteiger charge is 2.05. The number of thiophene rings is 1. The Labute approximate surface area is 117 Å². The van der Waals surface area contributed by atoms with Crippen LogP contribution in [0.4, 0.5) is 0 Å². The second-order valence-electron chi connectivity index (χ2n) is 4.57. The Morgan fingerprint density at radius 2 is 2.11 bits per heavy atom. The Balaban J connectivity index is 2.33. The van der Waals surface area contributed by atoms with Gasteiger partial charge in [-0.15, -0.1) is 11.3 Å². The van der Waals surface area contributed by atoms with E-state index >= 15 is 0 Å². The van der Waals surface area contributed by atoms with E-state index in [1.807, 2.05) is 17.4 Å². The summed E-state index contributed by atoms with van der Waals surface area (Å²) in [7, 11) is 0. The monoisotopic (exact) mass is 264 g/mol. The Morgan fingerprint density at radius 3 is 2.89 bits per heavy atom. The van der Waals surface area contributed by atoms with Crippen LogP contribution in [0.1, 0.15) is 13.3 Å². The molecule has 0 aliphatic heterocycles. The maximum atomic E-state index is 3.91. The number of fused-ring (bicyclic) bond motifs is 3. The fraction of sp³-hybridized carbons (Fsp3) is 0.111. The Morgan fingerprint density at radius 1 is 1.26 bits per heavy atom. The molecular formula is C18H16S. The van der Waals surface area contributed by atoms with E-state index < -0.39 is 0 Å². The summed E-state index contributed by atoms with van der Waals surface area (Å²) in [6.07, 6.45) is 11.9. The van der Waals surface area contributed by atoms with Gasteiger partial charge in [-0.2, -0.15) is 0 Å². The van der Waals surface area contributed by atoms with E-state index in [-0.39, 0.29) is 0 Å². The summed E-state index contributed by atoms with van der Waals surface area (Å²) in [4.78, 5) is 0. The van der Waals surface area contributed by atoms with Gasteiger partial charge in [-0.3, -0.25) is 0 Å². The maximum Gasteiger partial charge on any atom is 0.0355 e. The summed E-state index contributed by atoms with van der Waals surface area (Å²) in [6, 6.07) is 8.63. The molecule has 0 N–H and O–H groups in total. The first kappa shape index (κ1) is 12.2. The Kier molecular flexibility index (Phi) is 3.22. The molecule has 19 heavy (non-hydrogen) atoms. The Bertz CT molecular complexity index is 813. The van der Waals surface area contributed by atoms with Gasteiger partial charge in [0.1, 0.15) is 0 Å². The minimum atomic E-state index is 0.983. The molecule has 1 aliphatic rings. The Hall–Kier alpha value is -1.86. The van der Waals surface area contributed by atoms with Crippen LogP contribution < -0.4 is 9.75 Å². The third kappa shape index (κ3) is 2.11. The first-order valence-electron chi connectivity index (χ1n) is 6.52. The summed E-state index contributed by atoms with van der Waals surface area (Å²) in [5, 5.41) is 2.71. The van der Waals surface area contributed by atoms with Crippen LogP contribution in [0, 0.1) is 0 Å². The first-order chi connectivity index (χ1) is 9.33. The van der Waals surface area contributed by atoms with Crippen LogP contribution in [-0.2, 0) is 0 Å². The lowest BCUT2D eigenvalue weighted by atomic mass is 10.0. The molecule has 3 rings (SSSR count). The number of hydrogen-bond acceptors (Lipinski definition) is 1. The van der Waals surface area contributed by atoms with Gasteiger partial charge in [0.2, 0.25) is 0 Å². The van der Waals surface area contributed by atoms with Crippen LogP contribution in [0.5, 0.6) is 0 Å². The van der Waals surface area contributed by atoms with Crippen molar-refractivity contribution in [2.45, 2.75) is 13.3 Å². The molecule has 0 amide bonds. The normalized spacial score (nSPS) is 15.0. The molecule has 0 atom stereocenters. The summed E-state index contributed by atoms with van der Waals surface area (Å²) < 4.78 is 2.74. The zero-order valence-electron chi connectivity index (χ0n) is 11.0. The predicted octanol–water partition coefficient (Wildman–Crippen LogP) is 3.92. The quantitative estimate of drug-likeness (QED) is 0.721. The second-order valence-corrected chi connectivity index (χ2v) is 5.65. The van der Waals surface area contributed by atoms with Crippen molar-refractivity contribution in [3.63, 3.8) is 0 Å². The van der Waals surface area contributed by atoms with Crippen molar-refractivity contribution >= 4 is 33.6 Å². The summed E-state index contributed by atoms with van der Waals surface area (Å²) in [5.74, 6) is 0. The molecule has 0 bridgehead atoms. The van der Waals surface area contributed by atoms with Crippen molar-refractivity contribution in [3.8, 4) is 0 Å². The van der Waals surface area contributed by atoms with Crippen LogP contribution in [0.25, 0.3) is 22.2 Å². The van der Waals surface area contributed by atoms with E-state index in [1.165, 1.54) is 31.0 Å². The van der Waals surface area contributed by atoms with Crippen LogP contribution in [-0.4, -0.2) is 0 Å². The molecule has 1 aliphatic carbocycles. The van der Waals surface area contributed by atoms with Crippen LogP contribution in [0.2, 0.25) is 0 Å². The average Bonchev–Trinajstić information content (AvgIpc) is 2.65. The number of benzene rings is 1. The van der Waals surface area contributed by atoms with Crippen molar-refractivity contribution in [1.82, 2.24) is 0 Å². The number of allylic oxidation sites excluding steroid dienone is 5. The second kappa shape index (κ2) is 5.02. The van der Waals surface area contributed by atoms with Gasteiger partial charge in [0.05, 0.1) is 0 Å². The van der Waals surface area contributed by atoms with Gasteiger partial charge < -0.3 is 0 Å². The van der Waals surface area contributed by atoms with Crippen molar-refractivity contribution in [2.75, 3.05) is 0 Å². The van der Waals surface area contributed by atoms with Gasteiger partial charge in [-0.05, 0) is 36.6 Å². The van der Waals surface area contributed by atoms with Gasteiger partial charge in [-0.1, -0.05) is 49.1 Å². The predicted molar refractivity (Wildman–Crippen MR) is 86.7 cm³/mol. The van der Waals surface area contributed by atoms with Crippen LogP contribution >= 0.6 is 11.3 Å². The molecule has 0 radical (unpaired) electrons. The van der Waals surface area contributed by atoms with E-state index in [4.69, 9.17) is 0 Å². The SMILES string of the molecule is C=C/C(=C\C)C1=CCC=c2sc3ccccc3c2=C1. The summed E-state index contributed by atoms with van der Waals surface area (Å²) in [6.45, 7) is 5.97. The molecule has 0 nitrogen and oxygen atoms in total. The van der Waals surface area contributed by atoms with E-state index in [0.29, 0.717) is 0 Å². The molecule has 0 saturated carbocycles. The first-order valence-corrected chi connectivity index (χ1v) is 7.34. The van der Waals surface area contributed by atoms with Gasteiger partial charge in [0.15, 0.2) is 0 Å². The average molecular weight is 264 g/mol. The van der Waals surface area contributed by atoms with E-state index in [2.05, 4.69) is 62.1 Å². The minimum absolute atomic E-state index is 0.983. The standard InChI is InChI=1S/C18H16S/c1-3-13(4-2)14-8-7-11-18-16(12-14)15-9-5-6-10-17(15)19-18/h3-6,8-12H,1,7H2,2H3/b13-4+. The van der Waals surface area contributed by atoms with Crippen LogP contribution in [0.3, 0.4) is 0 Å². The zero-order chi connectivity index (χ0) is 13.2. The van der Waals surface area contributed by atoms with Gasteiger partial charge in [0.25, 0.3) is 0 Å². The highest BCUT2D eigenvalue weighted by Crippen LogP contribution is 2.18. The molecule has 1 aromatic carbocycles. The minimum Gasteiger partial charge on any atom is -0.136 e. The largest absolute Gasteiger partial charge is 0.136 e. The molecule has 1 heteroatoms. The molecule has 1 aromatic heterocycles. The smallest absolute Gasteiger partial charge is 0.0355 e. The van der Waals surface area contributed by atoms with Gasteiger partial charge >= 0.3 is 0 Å². The molecule has 0 unspecified atom stereocenters. The molecule has 0 spiro atoms. The molecule has 94 valence electrons. The van der Waals surface area contributed by atoms with Crippen molar-refractivity contribution in [3.05, 3.63) is 70.0 Å². The number of hydrogen-bond donors (Lipinski definition) is 0. The summed E-state index contributed by atoms with van der Waals surface area (Å²) in [5.41, 5.74) is 2.48. The van der Waals surface area contributed by atoms with E-state index in [1.54, 1.807) is 0 Å². The van der Waals surface area contributed by atoms with Crippen LogP contribution in [0.15, 0.2) is 60.2 Å². The third-order valence-corrected chi connectivity index (χ3v) is 4.65. The van der Waals surface area contributed by atoms with E-state index in [9.17, 15) is 0 Å². The lowest BCUT2D eigenvalue weighted by Gasteiger charge is -2.01. The molecule has 0 fully saturated rings. The fourth-order valence-corrected chi connectivity index (χ4v) is 3.63. The third-order valence-electron chi connectivity index (χ3n) is 3.47.